The van der Waals surface area contributed by atoms with Crippen molar-refractivity contribution >= 4 is 18.0 Å². The van der Waals surface area contributed by atoms with Gasteiger partial charge in [-0.3, -0.25) is 4.79 Å². The summed E-state index contributed by atoms with van der Waals surface area (Å²) in [5.74, 6) is -1.28. The summed E-state index contributed by atoms with van der Waals surface area (Å²) in [6.07, 6.45) is 3.56. The largest absolute Gasteiger partial charge is 0.480 e. The first kappa shape index (κ1) is 24.8. The van der Waals surface area contributed by atoms with Gasteiger partial charge in [-0.1, -0.05) is 68.3 Å². The zero-order chi connectivity index (χ0) is 24.9. The molecule has 2 aliphatic rings. The van der Waals surface area contributed by atoms with Crippen LogP contribution in [0.25, 0.3) is 11.1 Å². The maximum atomic E-state index is 13.0. The lowest BCUT2D eigenvalue weighted by atomic mass is 9.98. The van der Waals surface area contributed by atoms with Gasteiger partial charge in [0.1, 0.15) is 12.6 Å². The molecular formula is C28H34N2O5. The van der Waals surface area contributed by atoms with Gasteiger partial charge in [-0.25, -0.2) is 9.59 Å². The standard InChI is InChI=1S/C28H34N2O5/c1-3-4-9-19(16-26(31)30(20-14-15-20)18(2)27(32)33)29-28(34)35-17-25-23-12-7-5-10-21(23)22-11-6-8-13-24(22)25/h5-8,10-13,18-20,25H,3-4,9,14-17H2,1-2H3,(H,29,34)(H,32,33)/t18?,19-/m1/s1. The Morgan fingerprint density at radius 3 is 2.20 bits per heavy atom. The normalized spacial score (nSPS) is 16.1. The Bertz CT molecular complexity index is 1040. The van der Waals surface area contributed by atoms with E-state index >= 15 is 0 Å². The van der Waals surface area contributed by atoms with Gasteiger partial charge < -0.3 is 20.1 Å². The molecule has 0 aromatic heterocycles. The molecule has 4 rings (SSSR count). The van der Waals surface area contributed by atoms with Crippen molar-refractivity contribution in [1.82, 2.24) is 10.2 Å². The topological polar surface area (TPSA) is 95.9 Å². The summed E-state index contributed by atoms with van der Waals surface area (Å²) in [6, 6.07) is 15.0. The Labute approximate surface area is 206 Å². The van der Waals surface area contributed by atoms with Gasteiger partial charge in [-0.15, -0.1) is 0 Å². The van der Waals surface area contributed by atoms with Crippen molar-refractivity contribution in [1.29, 1.82) is 0 Å². The monoisotopic (exact) mass is 478 g/mol. The van der Waals surface area contributed by atoms with Crippen molar-refractivity contribution in [3.8, 4) is 11.1 Å². The number of carboxylic acids is 1. The van der Waals surface area contributed by atoms with E-state index in [0.29, 0.717) is 6.42 Å². The molecule has 1 fully saturated rings. The number of aliphatic carboxylic acids is 1. The number of nitrogens with zero attached hydrogens (tertiary/aromatic N) is 1. The molecule has 0 spiro atoms. The molecule has 0 aliphatic heterocycles. The minimum atomic E-state index is -1.01. The Morgan fingerprint density at radius 2 is 1.66 bits per heavy atom. The summed E-state index contributed by atoms with van der Waals surface area (Å²) < 4.78 is 5.67. The van der Waals surface area contributed by atoms with E-state index in [4.69, 9.17) is 4.74 Å². The van der Waals surface area contributed by atoms with Crippen molar-refractivity contribution in [2.24, 2.45) is 0 Å². The smallest absolute Gasteiger partial charge is 0.407 e. The second-order valence-electron chi connectivity index (χ2n) is 9.56. The zero-order valence-corrected chi connectivity index (χ0v) is 20.4. The fourth-order valence-electron chi connectivity index (χ4n) is 5.01. The van der Waals surface area contributed by atoms with Crippen molar-refractivity contribution in [2.45, 2.75) is 76.4 Å². The first-order valence-corrected chi connectivity index (χ1v) is 12.6. The lowest BCUT2D eigenvalue weighted by molar-refractivity contribution is -0.150. The highest BCUT2D eigenvalue weighted by molar-refractivity contribution is 5.85. The summed E-state index contributed by atoms with van der Waals surface area (Å²) in [5, 5.41) is 12.3. The van der Waals surface area contributed by atoms with E-state index in [-0.39, 0.29) is 30.9 Å². The zero-order valence-electron chi connectivity index (χ0n) is 20.4. The summed E-state index contributed by atoms with van der Waals surface area (Å²) in [6.45, 7) is 3.80. The lowest BCUT2D eigenvalue weighted by Gasteiger charge is -2.28. The highest BCUT2D eigenvalue weighted by Gasteiger charge is 2.39. The molecule has 0 heterocycles. The summed E-state index contributed by atoms with van der Waals surface area (Å²) in [5.41, 5.74) is 4.61. The van der Waals surface area contributed by atoms with Crippen molar-refractivity contribution in [3.63, 3.8) is 0 Å². The summed E-state index contributed by atoms with van der Waals surface area (Å²) >= 11 is 0. The molecular weight excluding hydrogens is 444 g/mol. The first-order valence-electron chi connectivity index (χ1n) is 12.6. The third-order valence-corrected chi connectivity index (χ3v) is 7.00. The Hall–Kier alpha value is -3.35. The molecule has 0 saturated heterocycles. The quantitative estimate of drug-likeness (QED) is 0.477. The highest BCUT2D eigenvalue weighted by Crippen LogP contribution is 2.44. The van der Waals surface area contributed by atoms with Crippen LogP contribution < -0.4 is 5.32 Å². The number of fused-ring (bicyclic) bond motifs is 3. The third kappa shape index (κ3) is 5.66. The SMILES string of the molecule is CCCC[C@H](CC(=O)N(C1CC1)C(C)C(=O)O)NC(=O)OCC1c2ccccc2-c2ccccc21. The number of rotatable bonds is 11. The molecule has 2 atom stereocenters. The average molecular weight is 479 g/mol. The molecule has 2 N–H and O–H groups in total. The number of amides is 2. The van der Waals surface area contributed by atoms with E-state index in [2.05, 4.69) is 36.5 Å². The van der Waals surface area contributed by atoms with Crippen LogP contribution in [0.3, 0.4) is 0 Å². The Kier molecular flexibility index (Phi) is 7.73. The van der Waals surface area contributed by atoms with Crippen LogP contribution in [-0.2, 0) is 14.3 Å². The Balaban J connectivity index is 1.39. The number of benzene rings is 2. The molecule has 2 aromatic carbocycles. The van der Waals surface area contributed by atoms with Crippen LogP contribution in [0.1, 0.15) is 69.4 Å². The fraction of sp³-hybridized carbons (Fsp3) is 0.464. The van der Waals surface area contributed by atoms with E-state index in [1.54, 1.807) is 6.92 Å². The minimum absolute atomic E-state index is 0.0186. The van der Waals surface area contributed by atoms with Gasteiger partial charge in [-0.05, 0) is 48.4 Å². The number of unbranched alkanes of at least 4 members (excludes halogenated alkanes) is 1. The number of hydrogen-bond acceptors (Lipinski definition) is 4. The van der Waals surface area contributed by atoms with E-state index in [1.165, 1.54) is 4.90 Å². The van der Waals surface area contributed by atoms with Gasteiger partial charge in [0.2, 0.25) is 5.91 Å². The number of carbonyl (C=O) groups excluding carboxylic acids is 2. The molecule has 2 aliphatic carbocycles. The molecule has 1 saturated carbocycles. The molecule has 186 valence electrons. The van der Waals surface area contributed by atoms with Crippen LogP contribution in [0.2, 0.25) is 0 Å². The molecule has 7 nitrogen and oxygen atoms in total. The van der Waals surface area contributed by atoms with Gasteiger partial charge in [-0.2, -0.15) is 0 Å². The van der Waals surface area contributed by atoms with Crippen LogP contribution in [0, 0.1) is 0 Å². The average Bonchev–Trinajstić information content (AvgIpc) is 3.63. The van der Waals surface area contributed by atoms with Crippen LogP contribution in [0.15, 0.2) is 48.5 Å². The van der Waals surface area contributed by atoms with Gasteiger partial charge in [0.25, 0.3) is 0 Å². The number of carboxylic acid groups (broad SMARTS) is 1. The van der Waals surface area contributed by atoms with Crippen LogP contribution in [0.5, 0.6) is 0 Å². The first-order chi connectivity index (χ1) is 16.9. The maximum Gasteiger partial charge on any atom is 0.407 e. The van der Waals surface area contributed by atoms with Gasteiger partial charge in [0.05, 0.1) is 0 Å². The molecule has 7 heteroatoms. The predicted octanol–water partition coefficient (Wildman–Crippen LogP) is 4.94. The number of ether oxygens (including phenoxy) is 1. The van der Waals surface area contributed by atoms with E-state index in [0.717, 1.165) is 47.9 Å². The Morgan fingerprint density at radius 1 is 1.06 bits per heavy atom. The third-order valence-electron chi connectivity index (χ3n) is 7.00. The van der Waals surface area contributed by atoms with E-state index < -0.39 is 24.1 Å². The highest BCUT2D eigenvalue weighted by atomic mass is 16.5. The van der Waals surface area contributed by atoms with Crippen LogP contribution in [-0.4, -0.2) is 52.7 Å². The summed E-state index contributed by atoms with van der Waals surface area (Å²) in [7, 11) is 0. The van der Waals surface area contributed by atoms with Crippen molar-refractivity contribution in [3.05, 3.63) is 59.7 Å². The number of alkyl carbamates (subject to hydrolysis) is 1. The number of nitrogens with one attached hydrogen (secondary N) is 1. The molecule has 1 unspecified atom stereocenters. The van der Waals surface area contributed by atoms with Gasteiger partial charge >= 0.3 is 12.1 Å². The predicted molar refractivity (Wildman–Crippen MR) is 133 cm³/mol. The number of carbonyl (C=O) groups is 3. The van der Waals surface area contributed by atoms with E-state index in [9.17, 15) is 19.5 Å². The second kappa shape index (κ2) is 10.9. The van der Waals surface area contributed by atoms with Crippen molar-refractivity contribution in [2.75, 3.05) is 6.61 Å². The molecule has 2 aromatic rings. The maximum absolute atomic E-state index is 13.0. The van der Waals surface area contributed by atoms with E-state index in [1.807, 2.05) is 24.3 Å². The molecule has 0 radical (unpaired) electrons. The number of hydrogen-bond donors (Lipinski definition) is 2. The van der Waals surface area contributed by atoms with Crippen molar-refractivity contribution < 1.29 is 24.2 Å². The van der Waals surface area contributed by atoms with Crippen LogP contribution >= 0.6 is 0 Å². The lowest BCUT2D eigenvalue weighted by Crippen LogP contribution is -2.47. The minimum Gasteiger partial charge on any atom is -0.480 e. The summed E-state index contributed by atoms with van der Waals surface area (Å²) in [4.78, 5) is 38.8. The second-order valence-corrected chi connectivity index (χ2v) is 9.56. The van der Waals surface area contributed by atoms with Gasteiger partial charge in [0, 0.05) is 24.4 Å². The van der Waals surface area contributed by atoms with Gasteiger partial charge in [0.15, 0.2) is 0 Å². The fourth-order valence-corrected chi connectivity index (χ4v) is 5.01. The molecule has 35 heavy (non-hydrogen) atoms. The van der Waals surface area contributed by atoms with Crippen LogP contribution in [0.4, 0.5) is 4.79 Å². The molecule has 2 amide bonds. The molecule has 0 bridgehead atoms.